The Morgan fingerprint density at radius 3 is 2.68 bits per heavy atom. The Morgan fingerprint density at radius 2 is 2.05 bits per heavy atom. The SMILES string of the molecule is CNC1(C#N)CCCC1CCOCCOCC(C)C. The highest BCUT2D eigenvalue weighted by atomic mass is 16.5. The Hall–Kier alpha value is -0.630. The van der Waals surface area contributed by atoms with Gasteiger partial charge in [-0.25, -0.2) is 0 Å². The first kappa shape index (κ1) is 16.4. The molecule has 2 atom stereocenters. The Balaban J connectivity index is 2.11. The summed E-state index contributed by atoms with van der Waals surface area (Å²) in [5.41, 5.74) is -0.322. The zero-order valence-electron chi connectivity index (χ0n) is 12.6. The molecule has 1 fully saturated rings. The summed E-state index contributed by atoms with van der Waals surface area (Å²) in [6, 6.07) is 2.46. The van der Waals surface area contributed by atoms with Gasteiger partial charge in [0.25, 0.3) is 0 Å². The first-order chi connectivity index (χ1) is 9.14. The molecule has 1 rings (SSSR count). The van der Waals surface area contributed by atoms with Crippen LogP contribution in [0.2, 0.25) is 0 Å². The molecule has 1 N–H and O–H groups in total. The van der Waals surface area contributed by atoms with Gasteiger partial charge in [-0.05, 0) is 38.1 Å². The largest absolute Gasteiger partial charge is 0.379 e. The number of hydrogen-bond acceptors (Lipinski definition) is 4. The second kappa shape index (κ2) is 8.52. The van der Waals surface area contributed by atoms with Gasteiger partial charge in [0.1, 0.15) is 5.54 Å². The van der Waals surface area contributed by atoms with Crippen LogP contribution in [-0.4, -0.2) is 39.0 Å². The van der Waals surface area contributed by atoms with Gasteiger partial charge in [0.05, 0.1) is 19.3 Å². The lowest BCUT2D eigenvalue weighted by Crippen LogP contribution is -2.45. The van der Waals surface area contributed by atoms with E-state index in [0.29, 0.717) is 25.0 Å². The summed E-state index contributed by atoms with van der Waals surface area (Å²) in [7, 11) is 1.89. The quantitative estimate of drug-likeness (QED) is 0.652. The number of nitriles is 1. The van der Waals surface area contributed by atoms with Crippen molar-refractivity contribution in [2.24, 2.45) is 11.8 Å². The lowest BCUT2D eigenvalue weighted by atomic mass is 9.86. The van der Waals surface area contributed by atoms with E-state index in [1.807, 2.05) is 7.05 Å². The van der Waals surface area contributed by atoms with Crippen LogP contribution in [0.25, 0.3) is 0 Å². The first-order valence-electron chi connectivity index (χ1n) is 7.40. The van der Waals surface area contributed by atoms with Crippen molar-refractivity contribution in [2.45, 2.75) is 45.1 Å². The summed E-state index contributed by atoms with van der Waals surface area (Å²) in [6.45, 7) is 7.11. The molecule has 2 unspecified atom stereocenters. The Labute approximate surface area is 117 Å². The van der Waals surface area contributed by atoms with Gasteiger partial charge in [-0.2, -0.15) is 5.26 Å². The van der Waals surface area contributed by atoms with Crippen molar-refractivity contribution in [3.8, 4) is 6.07 Å². The molecular formula is C15H28N2O2. The van der Waals surface area contributed by atoms with Crippen LogP contribution >= 0.6 is 0 Å². The van der Waals surface area contributed by atoms with Crippen molar-refractivity contribution in [3.63, 3.8) is 0 Å². The van der Waals surface area contributed by atoms with Gasteiger partial charge in [-0.15, -0.1) is 0 Å². The van der Waals surface area contributed by atoms with Gasteiger partial charge in [0.2, 0.25) is 0 Å². The van der Waals surface area contributed by atoms with Crippen LogP contribution < -0.4 is 5.32 Å². The monoisotopic (exact) mass is 268 g/mol. The van der Waals surface area contributed by atoms with E-state index in [1.165, 1.54) is 0 Å². The summed E-state index contributed by atoms with van der Waals surface area (Å²) < 4.78 is 11.1. The third-order valence-electron chi connectivity index (χ3n) is 3.90. The highest BCUT2D eigenvalue weighted by molar-refractivity contribution is 5.13. The lowest BCUT2D eigenvalue weighted by molar-refractivity contribution is 0.0319. The molecule has 0 spiro atoms. The predicted molar refractivity (Wildman–Crippen MR) is 75.8 cm³/mol. The third kappa shape index (κ3) is 5.10. The molecule has 0 aromatic rings. The molecule has 1 saturated carbocycles. The predicted octanol–water partition coefficient (Wildman–Crippen LogP) is 2.35. The molecular weight excluding hydrogens is 240 g/mol. The van der Waals surface area contributed by atoms with Gasteiger partial charge < -0.3 is 14.8 Å². The van der Waals surface area contributed by atoms with E-state index in [4.69, 9.17) is 9.47 Å². The molecule has 1 aliphatic rings. The minimum absolute atomic E-state index is 0.322. The maximum absolute atomic E-state index is 9.34. The molecule has 0 bridgehead atoms. The average Bonchev–Trinajstić information content (AvgIpc) is 2.81. The molecule has 0 aliphatic heterocycles. The average molecular weight is 268 g/mol. The topological polar surface area (TPSA) is 54.3 Å². The smallest absolute Gasteiger partial charge is 0.109 e. The fourth-order valence-corrected chi connectivity index (χ4v) is 2.77. The Bertz CT molecular complexity index is 288. The van der Waals surface area contributed by atoms with Crippen molar-refractivity contribution in [1.29, 1.82) is 5.26 Å². The van der Waals surface area contributed by atoms with Crippen LogP contribution in [0.5, 0.6) is 0 Å². The van der Waals surface area contributed by atoms with Crippen molar-refractivity contribution in [3.05, 3.63) is 0 Å². The van der Waals surface area contributed by atoms with Crippen molar-refractivity contribution in [2.75, 3.05) is 33.5 Å². The fourth-order valence-electron chi connectivity index (χ4n) is 2.77. The maximum Gasteiger partial charge on any atom is 0.109 e. The van der Waals surface area contributed by atoms with Gasteiger partial charge in [0.15, 0.2) is 0 Å². The van der Waals surface area contributed by atoms with Crippen LogP contribution in [0.3, 0.4) is 0 Å². The zero-order valence-corrected chi connectivity index (χ0v) is 12.6. The summed E-state index contributed by atoms with van der Waals surface area (Å²) in [4.78, 5) is 0. The van der Waals surface area contributed by atoms with Crippen molar-refractivity contribution >= 4 is 0 Å². The second-order valence-electron chi connectivity index (χ2n) is 5.79. The zero-order chi connectivity index (χ0) is 14.1. The number of hydrogen-bond donors (Lipinski definition) is 1. The van der Waals surface area contributed by atoms with E-state index >= 15 is 0 Å². The minimum atomic E-state index is -0.322. The molecule has 0 heterocycles. The molecule has 19 heavy (non-hydrogen) atoms. The standard InChI is InChI=1S/C15H28N2O2/c1-13(2)11-19-10-9-18-8-6-14-5-4-7-15(14,12-16)17-3/h13-14,17H,4-11H2,1-3H3. The van der Waals surface area contributed by atoms with Gasteiger partial charge in [-0.3, -0.25) is 0 Å². The Morgan fingerprint density at radius 1 is 1.32 bits per heavy atom. The Kier molecular flexibility index (Phi) is 7.37. The van der Waals surface area contributed by atoms with Crippen LogP contribution in [0, 0.1) is 23.2 Å². The molecule has 0 amide bonds. The molecule has 1 aliphatic carbocycles. The van der Waals surface area contributed by atoms with Crippen molar-refractivity contribution < 1.29 is 9.47 Å². The summed E-state index contributed by atoms with van der Waals surface area (Å²) in [5, 5.41) is 12.5. The first-order valence-corrected chi connectivity index (χ1v) is 7.40. The van der Waals surface area contributed by atoms with Gasteiger partial charge >= 0.3 is 0 Å². The normalized spacial score (nSPS) is 26.8. The third-order valence-corrected chi connectivity index (χ3v) is 3.90. The molecule has 0 aromatic heterocycles. The van der Waals surface area contributed by atoms with E-state index in [-0.39, 0.29) is 5.54 Å². The molecule has 4 heteroatoms. The van der Waals surface area contributed by atoms with Crippen molar-refractivity contribution in [1.82, 2.24) is 5.32 Å². The van der Waals surface area contributed by atoms with Crippen LogP contribution in [0.4, 0.5) is 0 Å². The van der Waals surface area contributed by atoms with E-state index < -0.39 is 0 Å². The highest BCUT2D eigenvalue weighted by Crippen LogP contribution is 2.37. The fraction of sp³-hybridized carbons (Fsp3) is 0.933. The van der Waals surface area contributed by atoms with E-state index in [2.05, 4.69) is 25.2 Å². The van der Waals surface area contributed by atoms with Crippen LogP contribution in [0.1, 0.15) is 39.5 Å². The molecule has 0 saturated heterocycles. The summed E-state index contributed by atoms with van der Waals surface area (Å²) in [5.74, 6) is 0.990. The number of nitrogens with zero attached hydrogens (tertiary/aromatic N) is 1. The van der Waals surface area contributed by atoms with Gasteiger partial charge in [0, 0.05) is 13.2 Å². The minimum Gasteiger partial charge on any atom is -0.379 e. The number of ether oxygens (including phenoxy) is 2. The summed E-state index contributed by atoms with van der Waals surface area (Å²) >= 11 is 0. The number of nitrogens with one attached hydrogen (secondary N) is 1. The van der Waals surface area contributed by atoms with E-state index in [9.17, 15) is 5.26 Å². The molecule has 0 radical (unpaired) electrons. The summed E-state index contributed by atoms with van der Waals surface area (Å²) in [6.07, 6.45) is 4.18. The van der Waals surface area contributed by atoms with Gasteiger partial charge in [-0.1, -0.05) is 20.3 Å². The lowest BCUT2D eigenvalue weighted by Gasteiger charge is -2.28. The number of rotatable bonds is 9. The second-order valence-corrected chi connectivity index (χ2v) is 5.79. The molecule has 0 aromatic carbocycles. The van der Waals surface area contributed by atoms with E-state index in [0.717, 1.165) is 38.9 Å². The van der Waals surface area contributed by atoms with Crippen LogP contribution in [0.15, 0.2) is 0 Å². The van der Waals surface area contributed by atoms with Crippen LogP contribution in [-0.2, 0) is 9.47 Å². The maximum atomic E-state index is 9.34. The molecule has 110 valence electrons. The van der Waals surface area contributed by atoms with E-state index in [1.54, 1.807) is 0 Å². The highest BCUT2D eigenvalue weighted by Gasteiger charge is 2.41. The molecule has 4 nitrogen and oxygen atoms in total.